The van der Waals surface area contributed by atoms with Crippen LogP contribution in [0.2, 0.25) is 0 Å². The molecule has 0 aromatic rings. The van der Waals surface area contributed by atoms with E-state index in [-0.39, 0.29) is 11.5 Å². The maximum absolute atomic E-state index is 11.1. The maximum atomic E-state index is 11.1. The van der Waals surface area contributed by atoms with E-state index in [9.17, 15) is 4.79 Å². The predicted octanol–water partition coefficient (Wildman–Crippen LogP) is 2.02. The monoisotopic (exact) mass is 211 g/mol. The quantitative estimate of drug-likeness (QED) is 0.734. The van der Waals surface area contributed by atoms with Crippen LogP contribution < -0.4 is 5.32 Å². The zero-order chi connectivity index (χ0) is 10.9. The van der Waals surface area contributed by atoms with Gasteiger partial charge >= 0.3 is 5.97 Å². The lowest BCUT2D eigenvalue weighted by molar-refractivity contribution is -0.141. The van der Waals surface area contributed by atoms with Crippen LogP contribution in [0, 0.1) is 11.3 Å². The molecular weight excluding hydrogens is 190 g/mol. The topological polar surface area (TPSA) is 49.3 Å². The van der Waals surface area contributed by atoms with Gasteiger partial charge in [-0.15, -0.1) is 0 Å². The summed E-state index contributed by atoms with van der Waals surface area (Å²) in [6, 6.07) is -0.298. The number of hydrogen-bond donors (Lipinski definition) is 2. The number of carboxylic acid groups (broad SMARTS) is 1. The third kappa shape index (κ3) is 2.03. The van der Waals surface area contributed by atoms with Gasteiger partial charge in [-0.05, 0) is 37.1 Å². The van der Waals surface area contributed by atoms with Crippen LogP contribution in [0.4, 0.5) is 0 Å². The number of aliphatic carboxylic acids is 1. The molecule has 0 bridgehead atoms. The Bertz CT molecular complexity index is 246. The van der Waals surface area contributed by atoms with Gasteiger partial charge in [-0.1, -0.05) is 26.2 Å². The van der Waals surface area contributed by atoms with Gasteiger partial charge in [-0.25, -0.2) is 0 Å². The molecule has 3 heteroatoms. The van der Waals surface area contributed by atoms with Gasteiger partial charge in [0, 0.05) is 0 Å². The molecule has 0 amide bonds. The van der Waals surface area contributed by atoms with E-state index >= 15 is 0 Å². The SMILES string of the molecule is CC1(C2CCNC2C(=O)O)CCCCC1. The van der Waals surface area contributed by atoms with Gasteiger partial charge in [-0.2, -0.15) is 0 Å². The molecule has 1 heterocycles. The molecule has 15 heavy (non-hydrogen) atoms. The average Bonchev–Trinajstić information content (AvgIpc) is 2.67. The van der Waals surface area contributed by atoms with E-state index in [4.69, 9.17) is 5.11 Å². The van der Waals surface area contributed by atoms with Crippen molar-refractivity contribution in [2.24, 2.45) is 11.3 Å². The first-order chi connectivity index (χ1) is 7.13. The summed E-state index contributed by atoms with van der Waals surface area (Å²) in [5.74, 6) is -0.320. The van der Waals surface area contributed by atoms with Crippen molar-refractivity contribution in [1.29, 1.82) is 0 Å². The average molecular weight is 211 g/mol. The number of rotatable bonds is 2. The number of carboxylic acids is 1. The van der Waals surface area contributed by atoms with Crippen molar-refractivity contribution in [3.8, 4) is 0 Å². The Balaban J connectivity index is 2.10. The minimum atomic E-state index is -0.663. The van der Waals surface area contributed by atoms with Gasteiger partial charge < -0.3 is 10.4 Å². The highest BCUT2D eigenvalue weighted by Crippen LogP contribution is 2.46. The molecule has 0 spiro atoms. The number of carbonyl (C=O) groups is 1. The lowest BCUT2D eigenvalue weighted by Crippen LogP contribution is -2.43. The van der Waals surface area contributed by atoms with Gasteiger partial charge in [0.2, 0.25) is 0 Å². The maximum Gasteiger partial charge on any atom is 0.321 e. The fourth-order valence-electron chi connectivity index (χ4n) is 3.44. The summed E-state index contributed by atoms with van der Waals surface area (Å²) >= 11 is 0. The van der Waals surface area contributed by atoms with Crippen LogP contribution in [0.25, 0.3) is 0 Å². The summed E-state index contributed by atoms with van der Waals surface area (Å²) in [7, 11) is 0. The van der Waals surface area contributed by atoms with Crippen molar-refractivity contribution in [3.63, 3.8) is 0 Å². The van der Waals surface area contributed by atoms with E-state index in [1.165, 1.54) is 32.1 Å². The van der Waals surface area contributed by atoms with E-state index in [2.05, 4.69) is 12.2 Å². The van der Waals surface area contributed by atoms with Crippen LogP contribution in [-0.2, 0) is 4.79 Å². The summed E-state index contributed by atoms with van der Waals surface area (Å²) in [6.07, 6.45) is 7.34. The first-order valence-electron chi connectivity index (χ1n) is 6.10. The Hall–Kier alpha value is -0.570. The van der Waals surface area contributed by atoms with Gasteiger partial charge in [0.1, 0.15) is 6.04 Å². The Morgan fingerprint density at radius 2 is 2.00 bits per heavy atom. The van der Waals surface area contributed by atoms with E-state index in [0.29, 0.717) is 5.92 Å². The van der Waals surface area contributed by atoms with Crippen LogP contribution in [0.5, 0.6) is 0 Å². The normalized spacial score (nSPS) is 35.3. The van der Waals surface area contributed by atoms with Crippen molar-refractivity contribution in [1.82, 2.24) is 5.32 Å². The Labute approximate surface area is 91.2 Å². The van der Waals surface area contributed by atoms with Gasteiger partial charge in [-0.3, -0.25) is 4.79 Å². The third-order valence-corrected chi connectivity index (χ3v) is 4.38. The molecule has 2 atom stereocenters. The standard InChI is InChI=1S/C12H21NO2/c1-12(6-3-2-4-7-12)9-5-8-13-10(9)11(14)15/h9-10,13H,2-8H2,1H3,(H,14,15). The highest BCUT2D eigenvalue weighted by Gasteiger charge is 2.44. The van der Waals surface area contributed by atoms with E-state index in [1.807, 2.05) is 0 Å². The molecule has 1 aliphatic heterocycles. The van der Waals surface area contributed by atoms with Crippen LogP contribution in [-0.4, -0.2) is 23.7 Å². The highest BCUT2D eigenvalue weighted by molar-refractivity contribution is 5.74. The van der Waals surface area contributed by atoms with Crippen molar-refractivity contribution in [2.75, 3.05) is 6.54 Å². The Kier molecular flexibility index (Phi) is 3.01. The summed E-state index contributed by atoms with van der Waals surface area (Å²) < 4.78 is 0. The fraction of sp³-hybridized carbons (Fsp3) is 0.917. The van der Waals surface area contributed by atoms with Crippen LogP contribution in [0.1, 0.15) is 45.4 Å². The van der Waals surface area contributed by atoms with Crippen LogP contribution in [0.3, 0.4) is 0 Å². The summed E-state index contributed by atoms with van der Waals surface area (Å²) in [5, 5.41) is 12.3. The molecule has 1 saturated heterocycles. The second-order valence-corrected chi connectivity index (χ2v) is 5.38. The van der Waals surface area contributed by atoms with Crippen molar-refractivity contribution in [2.45, 2.75) is 51.5 Å². The van der Waals surface area contributed by atoms with E-state index in [1.54, 1.807) is 0 Å². The minimum Gasteiger partial charge on any atom is -0.480 e. The highest BCUT2D eigenvalue weighted by atomic mass is 16.4. The molecule has 1 aliphatic carbocycles. The second kappa shape index (κ2) is 4.12. The summed E-state index contributed by atoms with van der Waals surface area (Å²) in [5.41, 5.74) is 0.269. The molecule has 3 nitrogen and oxygen atoms in total. The van der Waals surface area contributed by atoms with Gasteiger partial charge in [0.05, 0.1) is 0 Å². The van der Waals surface area contributed by atoms with Gasteiger partial charge in [0.25, 0.3) is 0 Å². The van der Waals surface area contributed by atoms with Gasteiger partial charge in [0.15, 0.2) is 0 Å². The Morgan fingerprint density at radius 1 is 1.33 bits per heavy atom. The third-order valence-electron chi connectivity index (χ3n) is 4.38. The van der Waals surface area contributed by atoms with Crippen LogP contribution >= 0.6 is 0 Å². The molecule has 86 valence electrons. The minimum absolute atomic E-state index is 0.269. The first kappa shape index (κ1) is 10.9. The van der Waals surface area contributed by atoms with Crippen molar-refractivity contribution >= 4 is 5.97 Å². The molecular formula is C12H21NO2. The zero-order valence-corrected chi connectivity index (χ0v) is 9.46. The molecule has 1 saturated carbocycles. The number of hydrogen-bond acceptors (Lipinski definition) is 2. The predicted molar refractivity (Wildman–Crippen MR) is 58.7 cm³/mol. The number of nitrogens with one attached hydrogen (secondary N) is 1. The largest absolute Gasteiger partial charge is 0.480 e. The summed E-state index contributed by atoms with van der Waals surface area (Å²) in [4.78, 5) is 11.1. The molecule has 2 aliphatic rings. The van der Waals surface area contributed by atoms with Crippen molar-refractivity contribution < 1.29 is 9.90 Å². The lowest BCUT2D eigenvalue weighted by atomic mass is 9.65. The second-order valence-electron chi connectivity index (χ2n) is 5.38. The summed E-state index contributed by atoms with van der Waals surface area (Å²) in [6.45, 7) is 3.16. The van der Waals surface area contributed by atoms with Crippen molar-refractivity contribution in [3.05, 3.63) is 0 Å². The Morgan fingerprint density at radius 3 is 2.60 bits per heavy atom. The molecule has 2 N–H and O–H groups in total. The fourth-order valence-corrected chi connectivity index (χ4v) is 3.44. The molecule has 2 rings (SSSR count). The zero-order valence-electron chi connectivity index (χ0n) is 9.46. The van der Waals surface area contributed by atoms with E-state index in [0.717, 1.165) is 13.0 Å². The van der Waals surface area contributed by atoms with Crippen LogP contribution in [0.15, 0.2) is 0 Å². The first-order valence-corrected chi connectivity index (χ1v) is 6.10. The smallest absolute Gasteiger partial charge is 0.321 e. The lowest BCUT2D eigenvalue weighted by Gasteiger charge is -2.40. The molecule has 2 unspecified atom stereocenters. The van der Waals surface area contributed by atoms with E-state index < -0.39 is 5.97 Å². The molecule has 0 aromatic carbocycles. The molecule has 0 radical (unpaired) electrons. The molecule has 2 fully saturated rings. The molecule has 0 aromatic heterocycles.